The van der Waals surface area contributed by atoms with Crippen LogP contribution < -0.4 is 15.5 Å². The standard InChI is InChI=1S/C23H19F6N5O/c24-22(25,26)16-6-8-20(30-14-16)34-11-9-33(10-12-34)18-4-2-1-3-15(18)5-7-17-13-19(23(27,28)29)32-21(35)31-17/h1-8,13-14H,9-12H2,(H,31,32,35). The summed E-state index contributed by atoms with van der Waals surface area (Å²) in [5.74, 6) is 0.451. The number of H-pyrrole nitrogens is 1. The molecule has 1 aliphatic rings. The molecule has 35 heavy (non-hydrogen) atoms. The SMILES string of the molecule is O=c1nc(C=Cc2ccccc2N2CCN(c3ccc(C(F)(F)F)cn3)CC2)cc(C(F)(F)F)[nH]1. The summed E-state index contributed by atoms with van der Waals surface area (Å²) >= 11 is 0. The molecule has 1 aromatic carbocycles. The van der Waals surface area contributed by atoms with Crippen molar-refractivity contribution < 1.29 is 26.3 Å². The number of nitrogens with zero attached hydrogens (tertiary/aromatic N) is 4. The van der Waals surface area contributed by atoms with Crippen molar-refractivity contribution in [3.05, 3.63) is 81.7 Å². The molecule has 0 saturated carbocycles. The van der Waals surface area contributed by atoms with Gasteiger partial charge in [0.25, 0.3) is 0 Å². The number of para-hydroxylation sites is 1. The summed E-state index contributed by atoms with van der Waals surface area (Å²) in [6.07, 6.45) is -5.41. The molecule has 1 aliphatic heterocycles. The van der Waals surface area contributed by atoms with Gasteiger partial charge >= 0.3 is 18.0 Å². The van der Waals surface area contributed by atoms with Gasteiger partial charge in [-0.05, 0) is 35.9 Å². The first-order chi connectivity index (χ1) is 16.5. The van der Waals surface area contributed by atoms with Gasteiger partial charge in [0.1, 0.15) is 11.5 Å². The van der Waals surface area contributed by atoms with Crippen molar-refractivity contribution in [1.82, 2.24) is 15.0 Å². The van der Waals surface area contributed by atoms with Crippen molar-refractivity contribution in [2.45, 2.75) is 12.4 Å². The van der Waals surface area contributed by atoms with Gasteiger partial charge in [0, 0.05) is 38.1 Å². The second-order valence-corrected chi connectivity index (χ2v) is 7.79. The molecule has 3 heterocycles. The maximum Gasteiger partial charge on any atom is 0.431 e. The number of pyridine rings is 1. The Labute approximate surface area is 195 Å². The maximum absolute atomic E-state index is 13.0. The van der Waals surface area contributed by atoms with Crippen LogP contribution in [0, 0.1) is 0 Å². The highest BCUT2D eigenvalue weighted by Gasteiger charge is 2.32. The van der Waals surface area contributed by atoms with E-state index in [-0.39, 0.29) is 5.69 Å². The van der Waals surface area contributed by atoms with Gasteiger partial charge in [-0.25, -0.2) is 9.78 Å². The van der Waals surface area contributed by atoms with Crippen molar-refractivity contribution in [1.29, 1.82) is 0 Å². The van der Waals surface area contributed by atoms with Crippen molar-refractivity contribution in [2.75, 3.05) is 36.0 Å². The normalized spacial score (nSPS) is 15.1. The van der Waals surface area contributed by atoms with Crippen LogP contribution in [0.1, 0.15) is 22.5 Å². The second-order valence-electron chi connectivity index (χ2n) is 7.79. The molecule has 0 aliphatic carbocycles. The third-order valence-electron chi connectivity index (χ3n) is 5.46. The molecule has 6 nitrogen and oxygen atoms in total. The first-order valence-electron chi connectivity index (χ1n) is 10.5. The number of anilines is 2. The van der Waals surface area contributed by atoms with E-state index in [4.69, 9.17) is 0 Å². The predicted molar refractivity (Wildman–Crippen MR) is 119 cm³/mol. The monoisotopic (exact) mass is 495 g/mol. The number of nitrogens with one attached hydrogen (secondary N) is 1. The average molecular weight is 495 g/mol. The number of halogens is 6. The van der Waals surface area contributed by atoms with Gasteiger partial charge in [-0.1, -0.05) is 24.3 Å². The van der Waals surface area contributed by atoms with Crippen molar-refractivity contribution in [2.24, 2.45) is 0 Å². The Morgan fingerprint density at radius 1 is 0.857 bits per heavy atom. The van der Waals surface area contributed by atoms with E-state index >= 15 is 0 Å². The molecule has 0 unspecified atom stereocenters. The molecule has 2 aromatic heterocycles. The van der Waals surface area contributed by atoms with Crippen molar-refractivity contribution in [3.63, 3.8) is 0 Å². The Kier molecular flexibility index (Phi) is 6.55. The number of piperazine rings is 1. The molecule has 184 valence electrons. The lowest BCUT2D eigenvalue weighted by Crippen LogP contribution is -2.47. The van der Waals surface area contributed by atoms with E-state index < -0.39 is 29.3 Å². The summed E-state index contributed by atoms with van der Waals surface area (Å²) in [5.41, 5.74) is -1.68. The van der Waals surface area contributed by atoms with Crippen molar-refractivity contribution in [3.8, 4) is 0 Å². The van der Waals surface area contributed by atoms with E-state index in [0.717, 1.165) is 24.0 Å². The Morgan fingerprint density at radius 2 is 1.54 bits per heavy atom. The summed E-state index contributed by atoms with van der Waals surface area (Å²) in [6.45, 7) is 2.13. The zero-order valence-corrected chi connectivity index (χ0v) is 18.1. The third-order valence-corrected chi connectivity index (χ3v) is 5.46. The lowest BCUT2D eigenvalue weighted by atomic mass is 10.1. The highest BCUT2D eigenvalue weighted by Crippen LogP contribution is 2.30. The van der Waals surface area contributed by atoms with Crippen LogP contribution in [0.5, 0.6) is 0 Å². The van der Waals surface area contributed by atoms with Crippen LogP contribution in [-0.2, 0) is 12.4 Å². The maximum atomic E-state index is 13.0. The molecule has 1 fully saturated rings. The van der Waals surface area contributed by atoms with E-state index in [1.165, 1.54) is 12.1 Å². The molecule has 0 amide bonds. The minimum atomic E-state index is -4.70. The summed E-state index contributed by atoms with van der Waals surface area (Å²) in [5, 5.41) is 0. The molecule has 0 radical (unpaired) electrons. The molecular formula is C23H19F6N5O. The third kappa shape index (κ3) is 5.81. The highest BCUT2D eigenvalue weighted by atomic mass is 19.4. The van der Waals surface area contributed by atoms with Crippen LogP contribution in [-0.4, -0.2) is 41.1 Å². The van der Waals surface area contributed by atoms with Crippen molar-refractivity contribution >= 4 is 23.7 Å². The number of aromatic nitrogens is 3. The zero-order chi connectivity index (χ0) is 25.2. The molecule has 0 bridgehead atoms. The number of hydrogen-bond donors (Lipinski definition) is 1. The fourth-order valence-electron chi connectivity index (χ4n) is 3.72. The molecule has 4 rings (SSSR count). The Balaban J connectivity index is 1.48. The van der Waals surface area contributed by atoms with Crippen LogP contribution in [0.2, 0.25) is 0 Å². The van der Waals surface area contributed by atoms with E-state index in [1.54, 1.807) is 23.2 Å². The van der Waals surface area contributed by atoms with Gasteiger partial charge in [0.05, 0.1) is 11.3 Å². The molecule has 3 aromatic rings. The number of benzene rings is 1. The molecule has 0 spiro atoms. The number of aromatic amines is 1. The average Bonchev–Trinajstić information content (AvgIpc) is 2.82. The summed E-state index contributed by atoms with van der Waals surface area (Å²) < 4.78 is 77.2. The molecule has 1 N–H and O–H groups in total. The highest BCUT2D eigenvalue weighted by molar-refractivity contribution is 5.76. The molecule has 0 atom stereocenters. The quantitative estimate of drug-likeness (QED) is 0.532. The summed E-state index contributed by atoms with van der Waals surface area (Å²) in [4.78, 5) is 24.7. The second kappa shape index (κ2) is 9.43. The zero-order valence-electron chi connectivity index (χ0n) is 18.1. The molecule has 12 heteroatoms. The van der Waals surface area contributed by atoms with Crippen LogP contribution >= 0.6 is 0 Å². The molecular weight excluding hydrogens is 476 g/mol. The van der Waals surface area contributed by atoms with E-state index in [2.05, 4.69) is 14.9 Å². The Morgan fingerprint density at radius 3 is 2.17 bits per heavy atom. The predicted octanol–water partition coefficient (Wildman–Crippen LogP) is 4.70. The largest absolute Gasteiger partial charge is 0.431 e. The smallest absolute Gasteiger partial charge is 0.367 e. The van der Waals surface area contributed by atoms with Gasteiger partial charge in [-0.15, -0.1) is 0 Å². The van der Waals surface area contributed by atoms with E-state index in [9.17, 15) is 31.1 Å². The van der Waals surface area contributed by atoms with Crippen LogP contribution in [0.3, 0.4) is 0 Å². The van der Waals surface area contributed by atoms with Crippen LogP contribution in [0.15, 0.2) is 53.5 Å². The van der Waals surface area contributed by atoms with Gasteiger partial charge < -0.3 is 14.8 Å². The Bertz CT molecular complexity index is 1260. The number of hydrogen-bond acceptors (Lipinski definition) is 5. The number of rotatable bonds is 4. The van der Waals surface area contributed by atoms with Gasteiger partial charge in [0.2, 0.25) is 0 Å². The van der Waals surface area contributed by atoms with Gasteiger partial charge in [0.15, 0.2) is 0 Å². The lowest BCUT2D eigenvalue weighted by Gasteiger charge is -2.37. The Hall–Kier alpha value is -3.83. The first-order valence-corrected chi connectivity index (χ1v) is 10.5. The molecule has 1 saturated heterocycles. The minimum Gasteiger partial charge on any atom is -0.367 e. The van der Waals surface area contributed by atoms with Crippen LogP contribution in [0.4, 0.5) is 37.8 Å². The van der Waals surface area contributed by atoms with E-state index in [0.29, 0.717) is 37.6 Å². The van der Waals surface area contributed by atoms with Crippen LogP contribution in [0.25, 0.3) is 12.2 Å². The number of alkyl halides is 6. The minimum absolute atomic E-state index is 0.130. The fraction of sp³-hybridized carbons (Fsp3) is 0.261. The van der Waals surface area contributed by atoms with Gasteiger partial charge in [-0.2, -0.15) is 31.3 Å². The summed E-state index contributed by atoms with van der Waals surface area (Å²) in [7, 11) is 0. The fourth-order valence-corrected chi connectivity index (χ4v) is 3.72. The first kappa shape index (κ1) is 24.3. The summed E-state index contributed by atoms with van der Waals surface area (Å²) in [6, 6.07) is 10.4. The topological polar surface area (TPSA) is 65.1 Å². The van der Waals surface area contributed by atoms with E-state index in [1.807, 2.05) is 17.0 Å². The van der Waals surface area contributed by atoms with Gasteiger partial charge in [-0.3, -0.25) is 0 Å². The lowest BCUT2D eigenvalue weighted by molar-refractivity contribution is -0.141.